The minimum atomic E-state index is -0.0472. The third kappa shape index (κ3) is 5.25. The number of carbonyl (C=O) groups is 1. The Kier molecular flexibility index (Phi) is 7.15. The molecule has 2 aromatic rings. The summed E-state index contributed by atoms with van der Waals surface area (Å²) in [6, 6.07) is 7.42. The van der Waals surface area contributed by atoms with E-state index < -0.39 is 0 Å². The molecule has 1 saturated carbocycles. The van der Waals surface area contributed by atoms with Gasteiger partial charge in [0.25, 0.3) is 0 Å². The van der Waals surface area contributed by atoms with Crippen molar-refractivity contribution in [2.75, 3.05) is 17.7 Å². The Balaban J connectivity index is 1.56. The quantitative estimate of drug-likeness (QED) is 0.676. The average Bonchev–Trinajstić information content (AvgIpc) is 3.12. The van der Waals surface area contributed by atoms with Crippen LogP contribution in [-0.2, 0) is 11.3 Å². The number of anilines is 1. The van der Waals surface area contributed by atoms with Crippen LogP contribution in [0.15, 0.2) is 29.4 Å². The van der Waals surface area contributed by atoms with Crippen molar-refractivity contribution in [2.24, 2.45) is 0 Å². The second-order valence-corrected chi connectivity index (χ2v) is 7.66. The number of carbonyl (C=O) groups excluding carboxylic acids is 1. The number of thioether (sulfide) groups is 1. The van der Waals surface area contributed by atoms with Crippen LogP contribution in [0.25, 0.3) is 0 Å². The van der Waals surface area contributed by atoms with Crippen LogP contribution < -0.4 is 10.1 Å². The fourth-order valence-electron chi connectivity index (χ4n) is 3.50. The Morgan fingerprint density at radius 2 is 1.93 bits per heavy atom. The number of rotatable bonds is 8. The van der Waals surface area contributed by atoms with Gasteiger partial charge in [0.1, 0.15) is 11.6 Å². The van der Waals surface area contributed by atoms with E-state index in [2.05, 4.69) is 27.0 Å². The molecule has 1 aromatic heterocycles. The molecule has 146 valence electrons. The van der Waals surface area contributed by atoms with Crippen LogP contribution in [0.5, 0.6) is 5.75 Å². The van der Waals surface area contributed by atoms with Crippen LogP contribution >= 0.6 is 11.8 Å². The van der Waals surface area contributed by atoms with Crippen LogP contribution in [0.2, 0.25) is 0 Å². The highest BCUT2D eigenvalue weighted by Crippen LogP contribution is 2.33. The van der Waals surface area contributed by atoms with Crippen LogP contribution in [0.1, 0.15) is 57.7 Å². The molecule has 7 heteroatoms. The lowest BCUT2D eigenvalue weighted by Crippen LogP contribution is -2.15. The first-order valence-electron chi connectivity index (χ1n) is 9.79. The van der Waals surface area contributed by atoms with Gasteiger partial charge in [-0.05, 0) is 51.0 Å². The molecule has 1 fully saturated rings. The van der Waals surface area contributed by atoms with Gasteiger partial charge in [0.15, 0.2) is 5.16 Å². The van der Waals surface area contributed by atoms with E-state index in [1.54, 1.807) is 0 Å². The predicted molar refractivity (Wildman–Crippen MR) is 108 cm³/mol. The van der Waals surface area contributed by atoms with E-state index in [-0.39, 0.29) is 5.91 Å². The molecule has 0 saturated heterocycles. The van der Waals surface area contributed by atoms with Gasteiger partial charge in [0.05, 0.1) is 12.4 Å². The third-order valence-electron chi connectivity index (χ3n) is 4.81. The lowest BCUT2D eigenvalue weighted by Gasteiger charge is -2.21. The smallest absolute Gasteiger partial charge is 0.234 e. The molecule has 6 nitrogen and oxygen atoms in total. The predicted octanol–water partition coefficient (Wildman–Crippen LogP) is 4.48. The molecule has 0 atom stereocenters. The fraction of sp³-hybridized carbons (Fsp3) is 0.550. The van der Waals surface area contributed by atoms with Crippen LogP contribution in [0, 0.1) is 0 Å². The summed E-state index contributed by atoms with van der Waals surface area (Å²) >= 11 is 1.45. The van der Waals surface area contributed by atoms with E-state index in [9.17, 15) is 4.79 Å². The summed E-state index contributed by atoms with van der Waals surface area (Å²) in [4.78, 5) is 12.3. The first-order valence-corrected chi connectivity index (χ1v) is 10.8. The normalized spacial score (nSPS) is 14.9. The van der Waals surface area contributed by atoms with Crippen molar-refractivity contribution >= 4 is 23.4 Å². The van der Waals surface area contributed by atoms with E-state index in [1.807, 2.05) is 31.2 Å². The van der Waals surface area contributed by atoms with Gasteiger partial charge in [-0.1, -0.05) is 31.0 Å². The third-order valence-corrected chi connectivity index (χ3v) is 5.78. The Morgan fingerprint density at radius 1 is 1.19 bits per heavy atom. The molecule has 0 unspecified atom stereocenters. The topological polar surface area (TPSA) is 69.0 Å². The number of ether oxygens (including phenoxy) is 1. The van der Waals surface area contributed by atoms with Gasteiger partial charge in [-0.2, -0.15) is 0 Å². The molecule has 1 amide bonds. The maximum Gasteiger partial charge on any atom is 0.234 e. The molecule has 1 heterocycles. The molecule has 1 aromatic carbocycles. The van der Waals surface area contributed by atoms with Gasteiger partial charge in [0, 0.05) is 18.2 Å². The Morgan fingerprint density at radius 3 is 2.59 bits per heavy atom. The van der Waals surface area contributed by atoms with Crippen molar-refractivity contribution in [3.05, 3.63) is 30.1 Å². The summed E-state index contributed by atoms with van der Waals surface area (Å²) in [6.45, 7) is 5.52. The van der Waals surface area contributed by atoms with Crippen LogP contribution in [-0.4, -0.2) is 33.0 Å². The van der Waals surface area contributed by atoms with Crippen molar-refractivity contribution in [1.29, 1.82) is 0 Å². The van der Waals surface area contributed by atoms with E-state index in [4.69, 9.17) is 4.74 Å². The summed E-state index contributed by atoms with van der Waals surface area (Å²) < 4.78 is 7.59. The minimum Gasteiger partial charge on any atom is -0.494 e. The Labute approximate surface area is 165 Å². The number of nitrogens with one attached hydrogen (secondary N) is 1. The summed E-state index contributed by atoms with van der Waals surface area (Å²) in [7, 11) is 0. The SMILES string of the molecule is CCOc1ccc(NC(=O)CSc2nnc(C3CCCCC3)n2CC)cc1. The van der Waals surface area contributed by atoms with Crippen molar-refractivity contribution in [3.63, 3.8) is 0 Å². The molecule has 0 bridgehead atoms. The monoisotopic (exact) mass is 388 g/mol. The van der Waals surface area contributed by atoms with Gasteiger partial charge >= 0.3 is 0 Å². The molecule has 1 N–H and O–H groups in total. The fourth-order valence-corrected chi connectivity index (χ4v) is 4.30. The standard InChI is InChI=1S/C20H28N4O2S/c1-3-24-19(15-8-6-5-7-9-15)22-23-20(24)27-14-18(25)21-16-10-12-17(13-11-16)26-4-2/h10-13,15H,3-9,14H2,1-2H3,(H,21,25). The van der Waals surface area contributed by atoms with Crippen LogP contribution in [0.3, 0.4) is 0 Å². The first-order chi connectivity index (χ1) is 13.2. The summed E-state index contributed by atoms with van der Waals surface area (Å²) in [6.07, 6.45) is 6.26. The second kappa shape index (κ2) is 9.78. The number of amides is 1. The van der Waals surface area contributed by atoms with E-state index in [0.717, 1.165) is 29.0 Å². The highest BCUT2D eigenvalue weighted by molar-refractivity contribution is 7.99. The van der Waals surface area contributed by atoms with Crippen molar-refractivity contribution in [2.45, 2.75) is 63.6 Å². The van der Waals surface area contributed by atoms with Crippen molar-refractivity contribution < 1.29 is 9.53 Å². The number of hydrogen-bond acceptors (Lipinski definition) is 5. The zero-order valence-electron chi connectivity index (χ0n) is 16.1. The number of nitrogens with zero attached hydrogens (tertiary/aromatic N) is 3. The lowest BCUT2D eigenvalue weighted by molar-refractivity contribution is -0.113. The van der Waals surface area contributed by atoms with Crippen molar-refractivity contribution in [3.8, 4) is 5.75 Å². The summed E-state index contributed by atoms with van der Waals surface area (Å²) in [5.41, 5.74) is 0.768. The van der Waals surface area contributed by atoms with Crippen molar-refractivity contribution in [1.82, 2.24) is 14.8 Å². The lowest BCUT2D eigenvalue weighted by atomic mass is 9.89. The van der Waals surface area contributed by atoms with Gasteiger partial charge in [-0.3, -0.25) is 4.79 Å². The van der Waals surface area contributed by atoms with E-state index >= 15 is 0 Å². The minimum absolute atomic E-state index is 0.0472. The molecule has 0 spiro atoms. The highest BCUT2D eigenvalue weighted by Gasteiger charge is 2.23. The van der Waals surface area contributed by atoms with E-state index in [1.165, 1.54) is 43.9 Å². The molecule has 1 aliphatic carbocycles. The van der Waals surface area contributed by atoms with Gasteiger partial charge in [-0.25, -0.2) is 0 Å². The number of benzene rings is 1. The van der Waals surface area contributed by atoms with Crippen LogP contribution in [0.4, 0.5) is 5.69 Å². The van der Waals surface area contributed by atoms with Gasteiger partial charge < -0.3 is 14.6 Å². The second-order valence-electron chi connectivity index (χ2n) is 6.71. The summed E-state index contributed by atoms with van der Waals surface area (Å²) in [5.74, 6) is 2.67. The highest BCUT2D eigenvalue weighted by atomic mass is 32.2. The number of hydrogen-bond donors (Lipinski definition) is 1. The largest absolute Gasteiger partial charge is 0.494 e. The van der Waals surface area contributed by atoms with Gasteiger partial charge in [0.2, 0.25) is 5.91 Å². The zero-order chi connectivity index (χ0) is 19.1. The summed E-state index contributed by atoms with van der Waals surface area (Å²) in [5, 5.41) is 12.5. The molecular formula is C20H28N4O2S. The average molecular weight is 389 g/mol. The Hall–Kier alpha value is -2.02. The molecule has 3 rings (SSSR count). The maximum absolute atomic E-state index is 12.3. The maximum atomic E-state index is 12.3. The molecular weight excluding hydrogens is 360 g/mol. The Bertz CT molecular complexity index is 739. The molecule has 0 aliphatic heterocycles. The number of aromatic nitrogens is 3. The van der Waals surface area contributed by atoms with Gasteiger partial charge in [-0.15, -0.1) is 10.2 Å². The molecule has 1 aliphatic rings. The zero-order valence-corrected chi connectivity index (χ0v) is 16.9. The van der Waals surface area contributed by atoms with E-state index in [0.29, 0.717) is 18.3 Å². The molecule has 27 heavy (non-hydrogen) atoms. The first kappa shape index (κ1) is 19.7. The molecule has 0 radical (unpaired) electrons.